The zero-order chi connectivity index (χ0) is 8.10. The molecule has 1 rings (SSSR count). The Morgan fingerprint density at radius 2 is 2.55 bits per heavy atom. The Morgan fingerprint density at radius 3 is 3.18 bits per heavy atom. The Bertz CT molecular complexity index is 257. The monoisotopic (exact) mass is 150 g/mol. The van der Waals surface area contributed by atoms with Crippen molar-refractivity contribution in [3.8, 4) is 6.07 Å². The fraction of sp³-hybridized carbons (Fsp3) is 0.500. The van der Waals surface area contributed by atoms with Gasteiger partial charge in [-0.15, -0.1) is 0 Å². The maximum atomic E-state index is 8.36. The number of aryl methyl sites for hydroxylation is 2. The standard InChI is InChI=1S/C8H11N3/c1-2-8-10-5-7-11(8)6-3-4-9/h5,7H,2-3,6H2,1H3/p+1. The maximum absolute atomic E-state index is 8.36. The second kappa shape index (κ2) is 3.77. The lowest BCUT2D eigenvalue weighted by molar-refractivity contribution is -0.701. The number of H-pyrrole nitrogens is 1. The fourth-order valence-corrected chi connectivity index (χ4v) is 1.08. The zero-order valence-corrected chi connectivity index (χ0v) is 6.67. The van der Waals surface area contributed by atoms with Gasteiger partial charge in [0, 0.05) is 6.42 Å². The van der Waals surface area contributed by atoms with Gasteiger partial charge in [-0.3, -0.25) is 0 Å². The molecular formula is C8H12N3+. The van der Waals surface area contributed by atoms with Gasteiger partial charge in [0.2, 0.25) is 0 Å². The van der Waals surface area contributed by atoms with Gasteiger partial charge >= 0.3 is 0 Å². The summed E-state index contributed by atoms with van der Waals surface area (Å²) in [5.74, 6) is 1.18. The van der Waals surface area contributed by atoms with Gasteiger partial charge in [0.15, 0.2) is 0 Å². The first-order valence-electron chi connectivity index (χ1n) is 3.81. The highest BCUT2D eigenvalue weighted by Crippen LogP contribution is 1.87. The number of rotatable bonds is 3. The van der Waals surface area contributed by atoms with Gasteiger partial charge in [-0.2, -0.15) is 5.26 Å². The van der Waals surface area contributed by atoms with Crippen LogP contribution in [-0.4, -0.2) is 4.98 Å². The van der Waals surface area contributed by atoms with Gasteiger partial charge in [-0.1, -0.05) is 6.92 Å². The van der Waals surface area contributed by atoms with Gasteiger partial charge in [-0.25, -0.2) is 9.55 Å². The lowest BCUT2D eigenvalue weighted by atomic mass is 10.4. The molecule has 0 spiro atoms. The molecular weight excluding hydrogens is 138 g/mol. The summed E-state index contributed by atoms with van der Waals surface area (Å²) in [4.78, 5) is 3.12. The first-order chi connectivity index (χ1) is 5.38. The highest BCUT2D eigenvalue weighted by molar-refractivity contribution is 4.76. The minimum atomic E-state index is 0.579. The van der Waals surface area contributed by atoms with E-state index in [-0.39, 0.29) is 0 Å². The molecule has 0 bridgehead atoms. The van der Waals surface area contributed by atoms with Crippen LogP contribution in [0.3, 0.4) is 0 Å². The lowest BCUT2D eigenvalue weighted by Crippen LogP contribution is -2.35. The van der Waals surface area contributed by atoms with E-state index in [0.717, 1.165) is 13.0 Å². The smallest absolute Gasteiger partial charge is 0.248 e. The highest BCUT2D eigenvalue weighted by atomic mass is 15.1. The maximum Gasteiger partial charge on any atom is 0.253 e. The molecule has 0 radical (unpaired) electrons. The van der Waals surface area contributed by atoms with Crippen LogP contribution in [0.15, 0.2) is 12.4 Å². The van der Waals surface area contributed by atoms with Gasteiger partial charge in [-0.05, 0) is 0 Å². The molecule has 0 aliphatic rings. The molecule has 58 valence electrons. The van der Waals surface area contributed by atoms with E-state index in [1.54, 1.807) is 0 Å². The van der Waals surface area contributed by atoms with Crippen molar-refractivity contribution in [1.29, 1.82) is 5.26 Å². The second-order valence-corrected chi connectivity index (χ2v) is 2.36. The van der Waals surface area contributed by atoms with E-state index in [1.165, 1.54) is 5.82 Å². The molecule has 1 heterocycles. The molecule has 3 heteroatoms. The summed E-state index contributed by atoms with van der Waals surface area (Å²) in [6.45, 7) is 2.89. The molecule has 1 N–H and O–H groups in total. The predicted octanol–water partition coefficient (Wildman–Crippen LogP) is 0.778. The van der Waals surface area contributed by atoms with Gasteiger partial charge in [0.25, 0.3) is 5.82 Å². The van der Waals surface area contributed by atoms with E-state index in [4.69, 9.17) is 5.26 Å². The van der Waals surface area contributed by atoms with E-state index < -0.39 is 0 Å². The summed E-state index contributed by atoms with van der Waals surface area (Å²) < 4.78 is 2.07. The van der Waals surface area contributed by atoms with Gasteiger partial charge in [0.1, 0.15) is 18.9 Å². The summed E-state index contributed by atoms with van der Waals surface area (Å²) in [5, 5.41) is 8.36. The Hall–Kier alpha value is -1.30. The Kier molecular flexibility index (Phi) is 2.67. The minimum absolute atomic E-state index is 0.579. The average Bonchev–Trinajstić information content (AvgIpc) is 2.47. The van der Waals surface area contributed by atoms with E-state index in [9.17, 15) is 0 Å². The molecule has 1 aromatic rings. The molecule has 0 aliphatic heterocycles. The number of hydrogen-bond acceptors (Lipinski definition) is 1. The molecule has 0 saturated heterocycles. The van der Waals surface area contributed by atoms with Crippen molar-refractivity contribution in [2.75, 3.05) is 0 Å². The molecule has 1 aromatic heterocycles. The summed E-state index contributed by atoms with van der Waals surface area (Å²) in [6.07, 6.45) is 5.43. The SMILES string of the molecule is CCc1[nH]cc[n+]1CCC#N. The fourth-order valence-electron chi connectivity index (χ4n) is 1.08. The Balaban J connectivity index is 2.62. The zero-order valence-electron chi connectivity index (χ0n) is 6.67. The van der Waals surface area contributed by atoms with Crippen LogP contribution in [0.5, 0.6) is 0 Å². The quantitative estimate of drug-likeness (QED) is 0.636. The van der Waals surface area contributed by atoms with Crippen LogP contribution in [0.2, 0.25) is 0 Å². The normalized spacial score (nSPS) is 9.45. The van der Waals surface area contributed by atoms with E-state index in [2.05, 4.69) is 22.5 Å². The third-order valence-corrected chi connectivity index (χ3v) is 1.65. The van der Waals surface area contributed by atoms with Crippen molar-refractivity contribution >= 4 is 0 Å². The third kappa shape index (κ3) is 1.81. The first kappa shape index (κ1) is 7.80. The van der Waals surface area contributed by atoms with Gasteiger partial charge in [0.05, 0.1) is 12.5 Å². The summed E-state index contributed by atoms with van der Waals surface area (Å²) >= 11 is 0. The molecule has 0 aromatic carbocycles. The van der Waals surface area contributed by atoms with E-state index in [1.807, 2.05) is 12.4 Å². The van der Waals surface area contributed by atoms with Crippen LogP contribution in [0.1, 0.15) is 19.2 Å². The van der Waals surface area contributed by atoms with Crippen molar-refractivity contribution in [3.63, 3.8) is 0 Å². The number of aromatic nitrogens is 2. The minimum Gasteiger partial charge on any atom is -0.248 e. The molecule has 0 aliphatic carbocycles. The number of hydrogen-bond donors (Lipinski definition) is 1. The van der Waals surface area contributed by atoms with Crippen LogP contribution in [0, 0.1) is 11.3 Å². The highest BCUT2D eigenvalue weighted by Gasteiger charge is 2.05. The van der Waals surface area contributed by atoms with Crippen LogP contribution < -0.4 is 4.57 Å². The number of imidazole rings is 1. The average molecular weight is 150 g/mol. The summed E-state index contributed by atoms with van der Waals surface area (Å²) in [5.41, 5.74) is 0. The number of nitrogens with zero attached hydrogens (tertiary/aromatic N) is 2. The number of nitriles is 1. The van der Waals surface area contributed by atoms with Crippen LogP contribution in [0.25, 0.3) is 0 Å². The number of nitrogens with one attached hydrogen (secondary N) is 1. The molecule has 0 fully saturated rings. The molecule has 3 nitrogen and oxygen atoms in total. The van der Waals surface area contributed by atoms with Gasteiger partial charge < -0.3 is 0 Å². The summed E-state index contributed by atoms with van der Waals surface area (Å²) in [6, 6.07) is 2.12. The van der Waals surface area contributed by atoms with E-state index in [0.29, 0.717) is 6.42 Å². The molecule has 11 heavy (non-hydrogen) atoms. The predicted molar refractivity (Wildman–Crippen MR) is 40.6 cm³/mol. The Labute approximate surface area is 66.3 Å². The van der Waals surface area contributed by atoms with Crippen molar-refractivity contribution in [3.05, 3.63) is 18.2 Å². The van der Waals surface area contributed by atoms with Crippen LogP contribution >= 0.6 is 0 Å². The first-order valence-corrected chi connectivity index (χ1v) is 3.81. The summed E-state index contributed by atoms with van der Waals surface area (Å²) in [7, 11) is 0. The lowest BCUT2D eigenvalue weighted by Gasteiger charge is -1.92. The van der Waals surface area contributed by atoms with Crippen molar-refractivity contribution in [2.24, 2.45) is 0 Å². The number of aromatic amines is 1. The van der Waals surface area contributed by atoms with Crippen molar-refractivity contribution in [2.45, 2.75) is 26.3 Å². The largest absolute Gasteiger partial charge is 0.253 e. The topological polar surface area (TPSA) is 43.5 Å². The van der Waals surface area contributed by atoms with Crippen molar-refractivity contribution < 1.29 is 4.57 Å². The molecule has 0 amide bonds. The van der Waals surface area contributed by atoms with Crippen LogP contribution in [0.4, 0.5) is 0 Å². The molecule has 0 saturated carbocycles. The van der Waals surface area contributed by atoms with Crippen LogP contribution in [-0.2, 0) is 13.0 Å². The van der Waals surface area contributed by atoms with E-state index >= 15 is 0 Å². The third-order valence-electron chi connectivity index (χ3n) is 1.65. The van der Waals surface area contributed by atoms with Crippen molar-refractivity contribution in [1.82, 2.24) is 4.98 Å². The molecule has 0 atom stereocenters. The molecule has 0 unspecified atom stereocenters. The second-order valence-electron chi connectivity index (χ2n) is 2.36. The Morgan fingerprint density at radius 1 is 1.73 bits per heavy atom.